The molecule has 20 heavy (non-hydrogen) atoms. The van der Waals surface area contributed by atoms with E-state index in [1.54, 1.807) is 23.5 Å². The highest BCUT2D eigenvalue weighted by atomic mass is 32.1. The predicted molar refractivity (Wildman–Crippen MR) is 86.6 cm³/mol. The summed E-state index contributed by atoms with van der Waals surface area (Å²) in [5, 5.41) is 3.74. The van der Waals surface area contributed by atoms with Crippen molar-refractivity contribution >= 4 is 39.5 Å². The Balaban J connectivity index is 1.92. The van der Waals surface area contributed by atoms with E-state index in [1.807, 2.05) is 18.2 Å². The molecule has 0 unspecified atom stereocenters. The topological polar surface area (TPSA) is 55.1 Å². The summed E-state index contributed by atoms with van der Waals surface area (Å²) in [6, 6.07) is 9.15. The molecule has 3 nitrogen and oxygen atoms in total. The number of nitrogens with two attached hydrogens (primary N) is 1. The second-order valence-electron chi connectivity index (χ2n) is 4.75. The number of thiocarbonyl (C=S) groups is 1. The lowest BCUT2D eigenvalue weighted by molar-refractivity contribution is 0.102. The molecule has 1 aliphatic rings. The van der Waals surface area contributed by atoms with Crippen LogP contribution in [0.1, 0.15) is 32.8 Å². The number of nitrogens with one attached hydrogen (secondary N) is 1. The largest absolute Gasteiger partial charge is 0.389 e. The lowest BCUT2D eigenvalue weighted by Gasteiger charge is -2.07. The third-order valence-electron chi connectivity index (χ3n) is 3.43. The lowest BCUT2D eigenvalue weighted by Crippen LogP contribution is -2.17. The SMILES string of the molecule is NC(=S)c1c(NC(=O)c2ccccc2)sc2c1CCC2. The predicted octanol–water partition coefficient (Wildman–Crippen LogP) is 3.12. The first-order valence-corrected chi connectivity index (χ1v) is 7.70. The maximum atomic E-state index is 12.2. The number of fused-ring (bicyclic) bond motifs is 1. The van der Waals surface area contributed by atoms with Gasteiger partial charge in [0.1, 0.15) is 9.99 Å². The molecule has 2 aromatic rings. The molecule has 1 amide bonds. The molecule has 0 aliphatic heterocycles. The summed E-state index contributed by atoms with van der Waals surface area (Å²) in [7, 11) is 0. The van der Waals surface area contributed by atoms with Crippen LogP contribution in [-0.2, 0) is 12.8 Å². The third kappa shape index (κ3) is 2.34. The number of carbonyl (C=O) groups is 1. The third-order valence-corrected chi connectivity index (χ3v) is 4.84. The van der Waals surface area contributed by atoms with Crippen molar-refractivity contribution in [1.29, 1.82) is 0 Å². The first kappa shape index (κ1) is 13.3. The fourth-order valence-electron chi connectivity index (χ4n) is 2.52. The van der Waals surface area contributed by atoms with Gasteiger partial charge in [-0.05, 0) is 37.0 Å². The standard InChI is InChI=1S/C15H14N2OS2/c16-13(19)12-10-7-4-8-11(10)20-15(12)17-14(18)9-5-2-1-3-6-9/h1-3,5-6H,4,7-8H2,(H2,16,19)(H,17,18). The van der Waals surface area contributed by atoms with Crippen molar-refractivity contribution in [1.82, 2.24) is 0 Å². The molecule has 0 radical (unpaired) electrons. The van der Waals surface area contributed by atoms with E-state index in [2.05, 4.69) is 5.32 Å². The van der Waals surface area contributed by atoms with E-state index >= 15 is 0 Å². The van der Waals surface area contributed by atoms with E-state index in [9.17, 15) is 4.79 Å². The molecule has 0 fully saturated rings. The van der Waals surface area contributed by atoms with Gasteiger partial charge in [-0.2, -0.15) is 0 Å². The highest BCUT2D eigenvalue weighted by Crippen LogP contribution is 2.39. The van der Waals surface area contributed by atoms with Crippen LogP contribution < -0.4 is 11.1 Å². The second kappa shape index (κ2) is 5.34. The van der Waals surface area contributed by atoms with Gasteiger partial charge in [-0.3, -0.25) is 4.79 Å². The minimum absolute atomic E-state index is 0.122. The molecule has 1 aliphatic carbocycles. The first-order chi connectivity index (χ1) is 9.66. The van der Waals surface area contributed by atoms with Crippen LogP contribution in [0.5, 0.6) is 0 Å². The Morgan fingerprint density at radius 3 is 2.70 bits per heavy atom. The Labute approximate surface area is 126 Å². The average Bonchev–Trinajstić information content (AvgIpc) is 2.99. The van der Waals surface area contributed by atoms with Crippen LogP contribution in [-0.4, -0.2) is 10.9 Å². The Kier molecular flexibility index (Phi) is 3.54. The van der Waals surface area contributed by atoms with Crippen molar-refractivity contribution in [2.45, 2.75) is 19.3 Å². The summed E-state index contributed by atoms with van der Waals surface area (Å²) in [5.74, 6) is -0.122. The molecule has 102 valence electrons. The van der Waals surface area contributed by atoms with Gasteiger partial charge in [-0.15, -0.1) is 11.3 Å². The van der Waals surface area contributed by atoms with Gasteiger partial charge >= 0.3 is 0 Å². The fourth-order valence-corrected chi connectivity index (χ4v) is 4.11. The number of hydrogen-bond acceptors (Lipinski definition) is 3. The number of rotatable bonds is 3. The number of aryl methyl sites for hydroxylation is 1. The zero-order chi connectivity index (χ0) is 14.1. The molecule has 3 N–H and O–H groups in total. The number of amides is 1. The molecular formula is C15H14N2OS2. The van der Waals surface area contributed by atoms with Crippen molar-refractivity contribution in [3.05, 3.63) is 51.9 Å². The summed E-state index contributed by atoms with van der Waals surface area (Å²) in [6.07, 6.45) is 3.19. The van der Waals surface area contributed by atoms with E-state index in [-0.39, 0.29) is 5.91 Å². The lowest BCUT2D eigenvalue weighted by atomic mass is 10.1. The maximum Gasteiger partial charge on any atom is 0.256 e. The summed E-state index contributed by atoms with van der Waals surface area (Å²) >= 11 is 6.75. The molecular weight excluding hydrogens is 288 g/mol. The Hall–Kier alpha value is -1.72. The molecule has 0 bridgehead atoms. The molecule has 0 atom stereocenters. The van der Waals surface area contributed by atoms with Crippen LogP contribution in [0.25, 0.3) is 0 Å². The summed E-state index contributed by atoms with van der Waals surface area (Å²) in [4.78, 5) is 13.9. The highest BCUT2D eigenvalue weighted by molar-refractivity contribution is 7.80. The van der Waals surface area contributed by atoms with Crippen LogP contribution in [0, 0.1) is 0 Å². The van der Waals surface area contributed by atoms with Crippen molar-refractivity contribution in [2.75, 3.05) is 5.32 Å². The number of hydrogen-bond donors (Lipinski definition) is 2. The number of carbonyl (C=O) groups excluding carboxylic acids is 1. The van der Waals surface area contributed by atoms with Gasteiger partial charge in [0.15, 0.2) is 0 Å². The van der Waals surface area contributed by atoms with E-state index in [0.717, 1.165) is 29.8 Å². The minimum atomic E-state index is -0.122. The summed E-state index contributed by atoms with van der Waals surface area (Å²) in [6.45, 7) is 0. The average molecular weight is 302 g/mol. The van der Waals surface area contributed by atoms with Gasteiger partial charge in [-0.1, -0.05) is 30.4 Å². The zero-order valence-electron chi connectivity index (χ0n) is 10.8. The van der Waals surface area contributed by atoms with Gasteiger partial charge in [0.25, 0.3) is 5.91 Å². The minimum Gasteiger partial charge on any atom is -0.389 e. The van der Waals surface area contributed by atoms with Crippen molar-refractivity contribution in [3.63, 3.8) is 0 Å². The maximum absolute atomic E-state index is 12.2. The van der Waals surface area contributed by atoms with Gasteiger partial charge in [0.05, 0.1) is 0 Å². The highest BCUT2D eigenvalue weighted by Gasteiger charge is 2.24. The molecule has 5 heteroatoms. The van der Waals surface area contributed by atoms with Crippen molar-refractivity contribution in [2.24, 2.45) is 5.73 Å². The van der Waals surface area contributed by atoms with Crippen LogP contribution in [0.15, 0.2) is 30.3 Å². The first-order valence-electron chi connectivity index (χ1n) is 6.47. The molecule has 3 rings (SSSR count). The Morgan fingerprint density at radius 2 is 2.00 bits per heavy atom. The normalized spacial score (nSPS) is 13.0. The summed E-state index contributed by atoms with van der Waals surface area (Å²) in [5.41, 5.74) is 8.56. The number of thiophene rings is 1. The van der Waals surface area contributed by atoms with Crippen molar-refractivity contribution < 1.29 is 4.79 Å². The fraction of sp³-hybridized carbons (Fsp3) is 0.200. The van der Waals surface area contributed by atoms with E-state index < -0.39 is 0 Å². The second-order valence-corrected chi connectivity index (χ2v) is 6.29. The smallest absolute Gasteiger partial charge is 0.256 e. The van der Waals surface area contributed by atoms with E-state index in [4.69, 9.17) is 18.0 Å². The van der Waals surface area contributed by atoms with Gasteiger partial charge in [0, 0.05) is 16.0 Å². The van der Waals surface area contributed by atoms with Crippen LogP contribution >= 0.6 is 23.6 Å². The van der Waals surface area contributed by atoms with Gasteiger partial charge < -0.3 is 11.1 Å². The quantitative estimate of drug-likeness (QED) is 0.857. The molecule has 0 saturated carbocycles. The molecule has 0 spiro atoms. The monoisotopic (exact) mass is 302 g/mol. The van der Waals surface area contributed by atoms with E-state index in [0.29, 0.717) is 10.6 Å². The van der Waals surface area contributed by atoms with E-state index in [1.165, 1.54) is 10.4 Å². The Morgan fingerprint density at radius 1 is 1.25 bits per heavy atom. The molecule has 1 aromatic heterocycles. The van der Waals surface area contributed by atoms with Crippen LogP contribution in [0.4, 0.5) is 5.00 Å². The Bertz CT molecular complexity index is 677. The zero-order valence-corrected chi connectivity index (χ0v) is 12.4. The number of anilines is 1. The molecule has 1 aromatic carbocycles. The van der Waals surface area contributed by atoms with Crippen LogP contribution in [0.2, 0.25) is 0 Å². The van der Waals surface area contributed by atoms with Gasteiger partial charge in [0.2, 0.25) is 0 Å². The molecule has 1 heterocycles. The van der Waals surface area contributed by atoms with Crippen LogP contribution in [0.3, 0.4) is 0 Å². The molecule has 0 saturated heterocycles. The number of benzene rings is 1. The van der Waals surface area contributed by atoms with Crippen molar-refractivity contribution in [3.8, 4) is 0 Å². The van der Waals surface area contributed by atoms with Gasteiger partial charge in [-0.25, -0.2) is 0 Å². The summed E-state index contributed by atoms with van der Waals surface area (Å²) < 4.78 is 0.